The van der Waals surface area contributed by atoms with Gasteiger partial charge in [0.05, 0.1) is 11.9 Å². The Morgan fingerprint density at radius 3 is 2.54 bits per heavy atom. The molecule has 1 fully saturated rings. The number of rotatable bonds is 7. The lowest BCUT2D eigenvalue weighted by atomic mass is 10.1. The Morgan fingerprint density at radius 1 is 1.21 bits per heavy atom. The Labute approximate surface area is 144 Å². The molecule has 6 nitrogen and oxygen atoms in total. The van der Waals surface area contributed by atoms with E-state index in [1.54, 1.807) is 25.1 Å². The summed E-state index contributed by atoms with van der Waals surface area (Å²) in [4.78, 5) is 14.6. The maximum atomic E-state index is 12.2. The van der Waals surface area contributed by atoms with Crippen molar-refractivity contribution in [2.24, 2.45) is 0 Å². The van der Waals surface area contributed by atoms with Crippen LogP contribution in [-0.4, -0.2) is 51.7 Å². The van der Waals surface area contributed by atoms with Gasteiger partial charge in [0.2, 0.25) is 10.0 Å². The Kier molecular flexibility index (Phi) is 6.62. The zero-order chi connectivity index (χ0) is 17.6. The molecule has 7 heteroatoms. The van der Waals surface area contributed by atoms with Gasteiger partial charge >= 0.3 is 0 Å². The van der Waals surface area contributed by atoms with Crippen LogP contribution in [-0.2, 0) is 10.0 Å². The zero-order valence-electron chi connectivity index (χ0n) is 14.5. The molecule has 2 rings (SSSR count). The van der Waals surface area contributed by atoms with Crippen molar-refractivity contribution < 1.29 is 13.2 Å². The fourth-order valence-corrected chi connectivity index (χ4v) is 3.54. The lowest BCUT2D eigenvalue weighted by Crippen LogP contribution is -2.33. The number of amides is 1. The molecule has 1 heterocycles. The van der Waals surface area contributed by atoms with Crippen molar-refractivity contribution in [3.63, 3.8) is 0 Å². The standard InChI is InChI=1S/C17H27N3O3S/c1-14-13-15(7-8-16(14)19-24(2,22)23)17(21)18-9-6-12-20-10-4-3-5-11-20/h7-8,13,19H,3-6,9-12H2,1-2H3,(H,18,21). The highest BCUT2D eigenvalue weighted by Crippen LogP contribution is 2.17. The second kappa shape index (κ2) is 8.48. The molecule has 134 valence electrons. The van der Waals surface area contributed by atoms with E-state index >= 15 is 0 Å². The van der Waals surface area contributed by atoms with Crippen molar-refractivity contribution in [3.8, 4) is 0 Å². The molecule has 1 amide bonds. The van der Waals surface area contributed by atoms with E-state index in [1.165, 1.54) is 32.4 Å². The van der Waals surface area contributed by atoms with Crippen LogP contribution in [0.25, 0.3) is 0 Å². The summed E-state index contributed by atoms with van der Waals surface area (Å²) in [6, 6.07) is 4.97. The average molecular weight is 353 g/mol. The third kappa shape index (κ3) is 6.13. The number of nitrogens with one attached hydrogen (secondary N) is 2. The number of benzene rings is 1. The summed E-state index contributed by atoms with van der Waals surface area (Å²) >= 11 is 0. The van der Waals surface area contributed by atoms with Crippen molar-refractivity contribution in [1.29, 1.82) is 0 Å². The second-order valence-electron chi connectivity index (χ2n) is 6.42. The number of hydrogen-bond acceptors (Lipinski definition) is 4. The molecule has 0 saturated carbocycles. The highest BCUT2D eigenvalue weighted by Gasteiger charge is 2.11. The van der Waals surface area contributed by atoms with Crippen LogP contribution in [0.5, 0.6) is 0 Å². The van der Waals surface area contributed by atoms with Gasteiger partial charge in [-0.05, 0) is 69.6 Å². The van der Waals surface area contributed by atoms with Crippen LogP contribution in [0.3, 0.4) is 0 Å². The number of piperidine rings is 1. The number of aryl methyl sites for hydroxylation is 1. The molecule has 0 atom stereocenters. The summed E-state index contributed by atoms with van der Waals surface area (Å²) in [5.74, 6) is -0.123. The number of carbonyl (C=O) groups is 1. The molecular weight excluding hydrogens is 326 g/mol. The topological polar surface area (TPSA) is 78.5 Å². The third-order valence-corrected chi connectivity index (χ3v) is 4.76. The highest BCUT2D eigenvalue weighted by molar-refractivity contribution is 7.92. The molecule has 2 N–H and O–H groups in total. The maximum absolute atomic E-state index is 12.2. The SMILES string of the molecule is Cc1cc(C(=O)NCCCN2CCCCC2)ccc1NS(C)(=O)=O. The van der Waals surface area contributed by atoms with E-state index in [2.05, 4.69) is 14.9 Å². The van der Waals surface area contributed by atoms with E-state index < -0.39 is 10.0 Å². The first kappa shape index (κ1) is 18.7. The normalized spacial score (nSPS) is 15.9. The number of carbonyl (C=O) groups excluding carboxylic acids is 1. The molecule has 1 aliphatic rings. The van der Waals surface area contributed by atoms with E-state index in [4.69, 9.17) is 0 Å². The molecule has 0 aliphatic carbocycles. The van der Waals surface area contributed by atoms with E-state index in [1.807, 2.05) is 0 Å². The molecule has 0 radical (unpaired) electrons. The van der Waals surface area contributed by atoms with E-state index in [0.717, 1.165) is 24.8 Å². The van der Waals surface area contributed by atoms with Gasteiger partial charge < -0.3 is 10.2 Å². The highest BCUT2D eigenvalue weighted by atomic mass is 32.2. The molecule has 1 aromatic rings. The number of hydrogen-bond donors (Lipinski definition) is 2. The van der Waals surface area contributed by atoms with Gasteiger partial charge in [-0.3, -0.25) is 9.52 Å². The number of anilines is 1. The van der Waals surface area contributed by atoms with Crippen LogP contribution >= 0.6 is 0 Å². The Bertz CT molecular complexity index is 668. The van der Waals surface area contributed by atoms with E-state index in [0.29, 0.717) is 17.8 Å². The van der Waals surface area contributed by atoms with E-state index in [-0.39, 0.29) is 5.91 Å². The average Bonchev–Trinajstić information content (AvgIpc) is 2.53. The van der Waals surface area contributed by atoms with Gasteiger partial charge in [0.25, 0.3) is 5.91 Å². The molecule has 0 spiro atoms. The zero-order valence-corrected chi connectivity index (χ0v) is 15.3. The molecule has 0 unspecified atom stereocenters. The minimum Gasteiger partial charge on any atom is -0.352 e. The van der Waals surface area contributed by atoms with Crippen molar-refractivity contribution in [3.05, 3.63) is 29.3 Å². The Balaban J connectivity index is 1.80. The van der Waals surface area contributed by atoms with Gasteiger partial charge in [-0.25, -0.2) is 8.42 Å². The monoisotopic (exact) mass is 353 g/mol. The van der Waals surface area contributed by atoms with Gasteiger partial charge in [-0.15, -0.1) is 0 Å². The summed E-state index contributed by atoms with van der Waals surface area (Å²) in [6.45, 7) is 5.79. The van der Waals surface area contributed by atoms with Crippen LogP contribution in [0.15, 0.2) is 18.2 Å². The quantitative estimate of drug-likeness (QED) is 0.735. The summed E-state index contributed by atoms with van der Waals surface area (Å²) in [7, 11) is -3.32. The summed E-state index contributed by atoms with van der Waals surface area (Å²) in [6.07, 6.45) is 5.93. The van der Waals surface area contributed by atoms with Crippen LogP contribution < -0.4 is 10.0 Å². The molecule has 1 saturated heterocycles. The van der Waals surface area contributed by atoms with Gasteiger partial charge in [0.1, 0.15) is 0 Å². The molecule has 1 aromatic carbocycles. The van der Waals surface area contributed by atoms with Crippen molar-refractivity contribution in [2.45, 2.75) is 32.6 Å². The summed E-state index contributed by atoms with van der Waals surface area (Å²) in [5, 5.41) is 2.93. The van der Waals surface area contributed by atoms with Crippen LogP contribution in [0.2, 0.25) is 0 Å². The second-order valence-corrected chi connectivity index (χ2v) is 8.16. The van der Waals surface area contributed by atoms with Crippen molar-refractivity contribution in [2.75, 3.05) is 37.2 Å². The molecule has 0 bridgehead atoms. The number of likely N-dealkylation sites (tertiary alicyclic amines) is 1. The van der Waals surface area contributed by atoms with Gasteiger partial charge in [0, 0.05) is 12.1 Å². The maximum Gasteiger partial charge on any atom is 0.251 e. The third-order valence-electron chi connectivity index (χ3n) is 4.17. The fourth-order valence-electron chi connectivity index (χ4n) is 2.91. The lowest BCUT2D eigenvalue weighted by Gasteiger charge is -2.26. The largest absolute Gasteiger partial charge is 0.352 e. The first-order valence-corrected chi connectivity index (χ1v) is 10.3. The minimum atomic E-state index is -3.32. The van der Waals surface area contributed by atoms with Crippen molar-refractivity contribution >= 4 is 21.6 Å². The molecule has 1 aliphatic heterocycles. The van der Waals surface area contributed by atoms with Crippen LogP contribution in [0.4, 0.5) is 5.69 Å². The van der Waals surface area contributed by atoms with Crippen LogP contribution in [0.1, 0.15) is 41.6 Å². The fraction of sp³-hybridized carbons (Fsp3) is 0.588. The Hall–Kier alpha value is -1.60. The summed E-state index contributed by atoms with van der Waals surface area (Å²) in [5.41, 5.74) is 1.77. The van der Waals surface area contributed by atoms with Crippen molar-refractivity contribution in [1.82, 2.24) is 10.2 Å². The van der Waals surface area contributed by atoms with Gasteiger partial charge in [-0.2, -0.15) is 0 Å². The predicted octanol–water partition coefficient (Wildman–Crippen LogP) is 1.97. The van der Waals surface area contributed by atoms with Crippen LogP contribution in [0, 0.1) is 6.92 Å². The van der Waals surface area contributed by atoms with Gasteiger partial charge in [-0.1, -0.05) is 6.42 Å². The number of nitrogens with zero attached hydrogens (tertiary/aromatic N) is 1. The molecular formula is C17H27N3O3S. The predicted molar refractivity (Wildman–Crippen MR) is 96.9 cm³/mol. The van der Waals surface area contributed by atoms with E-state index in [9.17, 15) is 13.2 Å². The smallest absolute Gasteiger partial charge is 0.251 e. The lowest BCUT2D eigenvalue weighted by molar-refractivity contribution is 0.0951. The minimum absolute atomic E-state index is 0.123. The summed E-state index contributed by atoms with van der Waals surface area (Å²) < 4.78 is 25.0. The molecule has 24 heavy (non-hydrogen) atoms. The first-order chi connectivity index (χ1) is 11.3. The number of sulfonamides is 1. The van der Waals surface area contributed by atoms with Gasteiger partial charge in [0.15, 0.2) is 0 Å². The first-order valence-electron chi connectivity index (χ1n) is 8.44. The Morgan fingerprint density at radius 2 is 1.92 bits per heavy atom. The molecule has 0 aromatic heterocycles.